The van der Waals surface area contributed by atoms with Gasteiger partial charge < -0.3 is 25.8 Å². The first-order chi connectivity index (χ1) is 15.0. The van der Waals surface area contributed by atoms with Crippen LogP contribution in [0.4, 0.5) is 14.9 Å². The average Bonchev–Trinajstić information content (AvgIpc) is 2.75. The molecular formula is C22H27FN4O4. The molecule has 1 aliphatic rings. The number of hydrogen-bond donors (Lipinski definition) is 4. The number of hydrogen-bond acceptors (Lipinski definition) is 5. The molecule has 3 atom stereocenters. The van der Waals surface area contributed by atoms with Gasteiger partial charge in [-0.05, 0) is 55.2 Å². The Hall–Kier alpha value is -3.04. The summed E-state index contributed by atoms with van der Waals surface area (Å²) in [7, 11) is 0. The van der Waals surface area contributed by atoms with E-state index in [0.29, 0.717) is 37.9 Å². The third kappa shape index (κ3) is 7.30. The number of nitrogens with zero attached hydrogens (tertiary/aromatic N) is 1. The van der Waals surface area contributed by atoms with E-state index in [1.54, 1.807) is 30.6 Å². The molecule has 0 bridgehead atoms. The summed E-state index contributed by atoms with van der Waals surface area (Å²) in [4.78, 5) is 28.2. The molecular weight excluding hydrogens is 403 g/mol. The first kappa shape index (κ1) is 22.6. The Bertz CT molecular complexity index is 868. The molecule has 2 aromatic rings. The molecule has 2 heterocycles. The number of halogens is 1. The van der Waals surface area contributed by atoms with E-state index >= 15 is 0 Å². The lowest BCUT2D eigenvalue weighted by Crippen LogP contribution is -2.52. The lowest BCUT2D eigenvalue weighted by atomic mass is 9.97. The van der Waals surface area contributed by atoms with Crippen molar-refractivity contribution in [3.05, 3.63) is 60.2 Å². The van der Waals surface area contributed by atoms with Gasteiger partial charge in [0, 0.05) is 24.6 Å². The fourth-order valence-electron chi connectivity index (χ4n) is 3.53. The number of pyridine rings is 1. The number of aliphatic hydroxyl groups excluding tert-OH is 1. The molecule has 4 N–H and O–H groups in total. The van der Waals surface area contributed by atoms with Crippen LogP contribution in [0.3, 0.4) is 0 Å². The predicted molar refractivity (Wildman–Crippen MR) is 113 cm³/mol. The van der Waals surface area contributed by atoms with E-state index in [-0.39, 0.29) is 24.7 Å². The van der Waals surface area contributed by atoms with Crippen molar-refractivity contribution in [1.82, 2.24) is 15.6 Å². The number of rotatable bonds is 8. The number of nitrogens with one attached hydrogen (secondary N) is 3. The van der Waals surface area contributed by atoms with Crippen molar-refractivity contribution in [2.75, 3.05) is 18.5 Å². The third-order valence-electron chi connectivity index (χ3n) is 5.10. The molecule has 1 aliphatic heterocycles. The molecule has 0 spiro atoms. The van der Waals surface area contributed by atoms with E-state index in [1.807, 2.05) is 0 Å². The van der Waals surface area contributed by atoms with Crippen LogP contribution in [0.15, 0.2) is 48.8 Å². The topological polar surface area (TPSA) is 113 Å². The number of carbonyl (C=O) groups excluding carboxylic acids is 2. The van der Waals surface area contributed by atoms with E-state index < -0.39 is 18.0 Å². The van der Waals surface area contributed by atoms with E-state index in [1.165, 1.54) is 18.2 Å². The Kier molecular flexibility index (Phi) is 8.31. The second-order valence-electron chi connectivity index (χ2n) is 7.44. The first-order valence-electron chi connectivity index (χ1n) is 10.3. The minimum Gasteiger partial charge on any atom is -0.394 e. The third-order valence-corrected chi connectivity index (χ3v) is 5.10. The molecule has 1 fully saturated rings. The molecule has 1 saturated heterocycles. The normalized spacial score (nSPS) is 20.6. The molecule has 1 aromatic heterocycles. The second kappa shape index (κ2) is 11.4. The molecule has 0 aliphatic carbocycles. The van der Waals surface area contributed by atoms with Crippen molar-refractivity contribution in [1.29, 1.82) is 0 Å². The summed E-state index contributed by atoms with van der Waals surface area (Å²) < 4.78 is 19.1. The van der Waals surface area contributed by atoms with Gasteiger partial charge in [-0.25, -0.2) is 9.18 Å². The molecule has 8 nitrogen and oxygen atoms in total. The molecule has 166 valence electrons. The predicted octanol–water partition coefficient (Wildman–Crippen LogP) is 2.00. The van der Waals surface area contributed by atoms with Crippen molar-refractivity contribution in [2.24, 2.45) is 0 Å². The van der Waals surface area contributed by atoms with Crippen LogP contribution in [0.25, 0.3) is 0 Å². The lowest BCUT2D eigenvalue weighted by molar-refractivity contribution is -0.121. The maximum atomic E-state index is 13.2. The monoisotopic (exact) mass is 430 g/mol. The van der Waals surface area contributed by atoms with Gasteiger partial charge in [-0.15, -0.1) is 0 Å². The number of aromatic nitrogens is 1. The van der Waals surface area contributed by atoms with Gasteiger partial charge in [-0.1, -0.05) is 6.07 Å². The summed E-state index contributed by atoms with van der Waals surface area (Å²) in [6, 6.07) is 8.35. The van der Waals surface area contributed by atoms with E-state index in [9.17, 15) is 19.1 Å². The maximum Gasteiger partial charge on any atom is 0.319 e. The number of aliphatic hydroxyl groups is 1. The Labute approximate surface area is 180 Å². The molecule has 0 saturated carbocycles. The standard InChI is InChI=1S/C22H27FN4O4/c23-16-2-1-3-17(13-16)26-22(30)27-19-5-4-18(31-20(19)14-28)8-11-25-21(29)12-15-6-9-24-10-7-15/h1-3,6-7,9-10,13,18-20,28H,4-5,8,11-12,14H2,(H,25,29)(H2,26,27,30)/t18-,19-,20-/m1/s1. The van der Waals surface area contributed by atoms with Crippen LogP contribution in [0.1, 0.15) is 24.8 Å². The fraction of sp³-hybridized carbons (Fsp3) is 0.409. The van der Waals surface area contributed by atoms with E-state index in [2.05, 4.69) is 20.9 Å². The molecule has 31 heavy (non-hydrogen) atoms. The zero-order chi connectivity index (χ0) is 22.1. The molecule has 3 amide bonds. The highest BCUT2D eigenvalue weighted by molar-refractivity contribution is 5.89. The highest BCUT2D eigenvalue weighted by atomic mass is 19.1. The van der Waals surface area contributed by atoms with Crippen molar-refractivity contribution in [3.63, 3.8) is 0 Å². The molecule has 1 aromatic carbocycles. The Morgan fingerprint density at radius 3 is 2.74 bits per heavy atom. The van der Waals surface area contributed by atoms with Crippen molar-refractivity contribution >= 4 is 17.6 Å². The minimum atomic E-state index is -0.551. The van der Waals surface area contributed by atoms with Gasteiger partial charge in [0.05, 0.1) is 25.2 Å². The summed E-state index contributed by atoms with van der Waals surface area (Å²) in [6.07, 6.45) is 4.83. The molecule has 3 rings (SSSR count). The average molecular weight is 430 g/mol. The number of ether oxygens (including phenoxy) is 1. The SMILES string of the molecule is O=C(Cc1ccncc1)NCC[C@H]1CC[C@@H](NC(=O)Nc2cccc(F)c2)[C@@H](CO)O1. The lowest BCUT2D eigenvalue weighted by Gasteiger charge is -2.36. The number of benzene rings is 1. The summed E-state index contributed by atoms with van der Waals surface area (Å²) in [6.45, 7) is 0.223. The highest BCUT2D eigenvalue weighted by Gasteiger charge is 2.31. The summed E-state index contributed by atoms with van der Waals surface area (Å²) in [5, 5.41) is 17.9. The van der Waals surface area contributed by atoms with Gasteiger partial charge in [0.1, 0.15) is 11.9 Å². The number of amides is 3. The number of anilines is 1. The Balaban J connectivity index is 1.39. The van der Waals surface area contributed by atoms with Crippen LogP contribution < -0.4 is 16.0 Å². The molecule has 0 unspecified atom stereocenters. The summed E-state index contributed by atoms with van der Waals surface area (Å²) >= 11 is 0. The van der Waals surface area contributed by atoms with Crippen LogP contribution in [-0.2, 0) is 16.0 Å². The van der Waals surface area contributed by atoms with Gasteiger partial charge >= 0.3 is 6.03 Å². The van der Waals surface area contributed by atoms with Gasteiger partial charge in [-0.2, -0.15) is 0 Å². The van der Waals surface area contributed by atoms with E-state index in [0.717, 1.165) is 5.56 Å². The molecule has 0 radical (unpaired) electrons. The zero-order valence-electron chi connectivity index (χ0n) is 17.1. The Morgan fingerprint density at radius 1 is 1.19 bits per heavy atom. The first-order valence-corrected chi connectivity index (χ1v) is 10.3. The van der Waals surface area contributed by atoms with E-state index in [4.69, 9.17) is 4.74 Å². The zero-order valence-corrected chi connectivity index (χ0v) is 17.1. The van der Waals surface area contributed by atoms with Crippen LogP contribution >= 0.6 is 0 Å². The van der Waals surface area contributed by atoms with Gasteiger partial charge in [0.25, 0.3) is 0 Å². The van der Waals surface area contributed by atoms with Crippen molar-refractivity contribution in [3.8, 4) is 0 Å². The summed E-state index contributed by atoms with van der Waals surface area (Å²) in [5.41, 5.74) is 1.24. The van der Waals surface area contributed by atoms with Crippen molar-refractivity contribution < 1.29 is 23.8 Å². The van der Waals surface area contributed by atoms with Crippen LogP contribution in [0.5, 0.6) is 0 Å². The van der Waals surface area contributed by atoms with Crippen molar-refractivity contribution in [2.45, 2.75) is 43.9 Å². The smallest absolute Gasteiger partial charge is 0.319 e. The van der Waals surface area contributed by atoms with Crippen LogP contribution in [0, 0.1) is 5.82 Å². The largest absolute Gasteiger partial charge is 0.394 e. The highest BCUT2D eigenvalue weighted by Crippen LogP contribution is 2.22. The Morgan fingerprint density at radius 2 is 2.00 bits per heavy atom. The maximum absolute atomic E-state index is 13.2. The van der Waals surface area contributed by atoms with Gasteiger partial charge in [0.2, 0.25) is 5.91 Å². The molecule has 9 heteroatoms. The van der Waals surface area contributed by atoms with Gasteiger partial charge in [-0.3, -0.25) is 9.78 Å². The van der Waals surface area contributed by atoms with Gasteiger partial charge in [0.15, 0.2) is 0 Å². The number of carbonyl (C=O) groups is 2. The second-order valence-corrected chi connectivity index (χ2v) is 7.44. The van der Waals surface area contributed by atoms with Crippen LogP contribution in [-0.4, -0.2) is 53.4 Å². The summed E-state index contributed by atoms with van der Waals surface area (Å²) in [5.74, 6) is -0.517. The fourth-order valence-corrected chi connectivity index (χ4v) is 3.53. The quantitative estimate of drug-likeness (QED) is 0.512. The minimum absolute atomic E-state index is 0.0747. The van der Waals surface area contributed by atoms with Crippen LogP contribution in [0.2, 0.25) is 0 Å². The number of urea groups is 1.